The smallest absolute Gasteiger partial charge is 0.227 e. The first kappa shape index (κ1) is 21.0. The van der Waals surface area contributed by atoms with Gasteiger partial charge in [0, 0.05) is 22.2 Å². The van der Waals surface area contributed by atoms with Gasteiger partial charge in [-0.15, -0.1) is 5.54 Å². The van der Waals surface area contributed by atoms with Crippen molar-refractivity contribution in [1.29, 1.82) is 0 Å². The fourth-order valence-corrected chi connectivity index (χ4v) is 4.58. The highest BCUT2D eigenvalue weighted by molar-refractivity contribution is 6.83. The normalized spacial score (nSPS) is 16.2. The largest absolute Gasteiger partial charge is 0.335 e. The first-order valence-corrected chi connectivity index (χ1v) is 13.8. The lowest BCUT2D eigenvalue weighted by Gasteiger charge is -2.36. The Labute approximate surface area is 178 Å². The van der Waals surface area contributed by atoms with Crippen LogP contribution in [0.15, 0.2) is 36.4 Å². The van der Waals surface area contributed by atoms with Crippen molar-refractivity contribution in [2.75, 3.05) is 6.54 Å². The molecule has 1 amide bonds. The van der Waals surface area contributed by atoms with Crippen LogP contribution in [0, 0.1) is 11.5 Å². The van der Waals surface area contributed by atoms with Crippen LogP contribution in [0.2, 0.25) is 29.7 Å². The summed E-state index contributed by atoms with van der Waals surface area (Å²) < 4.78 is 0. The molecule has 2 aromatic carbocycles. The van der Waals surface area contributed by atoms with Crippen LogP contribution in [0.5, 0.6) is 0 Å². The number of benzene rings is 2. The van der Waals surface area contributed by atoms with E-state index in [-0.39, 0.29) is 18.4 Å². The second kappa shape index (κ2) is 8.33. The summed E-state index contributed by atoms with van der Waals surface area (Å²) in [6.07, 6.45) is 1.03. The molecule has 0 unspecified atom stereocenters. The average Bonchev–Trinajstić information content (AvgIpc) is 2.63. The second-order valence-corrected chi connectivity index (χ2v) is 13.8. The van der Waals surface area contributed by atoms with Gasteiger partial charge in [0.2, 0.25) is 5.91 Å². The van der Waals surface area contributed by atoms with Gasteiger partial charge in [0.1, 0.15) is 8.07 Å². The van der Waals surface area contributed by atoms with Crippen LogP contribution in [0.1, 0.15) is 35.2 Å². The van der Waals surface area contributed by atoms with E-state index in [1.807, 2.05) is 11.0 Å². The molecule has 0 bridgehead atoms. The van der Waals surface area contributed by atoms with Gasteiger partial charge in [0.15, 0.2) is 0 Å². The van der Waals surface area contributed by atoms with Gasteiger partial charge in [-0.3, -0.25) is 4.79 Å². The van der Waals surface area contributed by atoms with Crippen molar-refractivity contribution in [3.8, 4) is 11.5 Å². The maximum Gasteiger partial charge on any atom is 0.227 e. The van der Waals surface area contributed by atoms with E-state index >= 15 is 0 Å². The predicted octanol–water partition coefficient (Wildman–Crippen LogP) is 5.91. The summed E-state index contributed by atoms with van der Waals surface area (Å²) in [7, 11) is -1.44. The molecule has 1 heterocycles. The number of carbonyl (C=O) groups excluding carboxylic acids is 1. The number of fused-ring (bicyclic) bond motifs is 1. The summed E-state index contributed by atoms with van der Waals surface area (Å²) in [6.45, 7) is 9.51. The van der Waals surface area contributed by atoms with Crippen molar-refractivity contribution in [3.05, 3.63) is 68.7 Å². The molecule has 0 aliphatic carbocycles. The third-order valence-electron chi connectivity index (χ3n) is 5.01. The third kappa shape index (κ3) is 4.63. The zero-order valence-corrected chi connectivity index (χ0v) is 19.3. The van der Waals surface area contributed by atoms with Crippen LogP contribution in [-0.2, 0) is 17.6 Å². The molecular weight excluding hydrogens is 405 g/mol. The summed E-state index contributed by atoms with van der Waals surface area (Å²) in [5.41, 5.74) is 7.73. The van der Waals surface area contributed by atoms with Gasteiger partial charge in [-0.05, 0) is 48.2 Å². The van der Waals surface area contributed by atoms with Gasteiger partial charge in [-0.25, -0.2) is 0 Å². The lowest BCUT2D eigenvalue weighted by Crippen LogP contribution is -2.40. The topological polar surface area (TPSA) is 20.3 Å². The minimum Gasteiger partial charge on any atom is -0.335 e. The summed E-state index contributed by atoms with van der Waals surface area (Å²) >= 11 is 12.5. The van der Waals surface area contributed by atoms with Gasteiger partial charge in [0.25, 0.3) is 0 Å². The molecule has 2 aromatic rings. The summed E-state index contributed by atoms with van der Waals surface area (Å²) in [5.74, 6) is 3.45. The number of hydrogen-bond donors (Lipinski definition) is 0. The van der Waals surface area contributed by atoms with Crippen LogP contribution in [0.25, 0.3) is 0 Å². The maximum absolute atomic E-state index is 13.0. The molecule has 0 N–H and O–H groups in total. The van der Waals surface area contributed by atoms with Crippen LogP contribution in [-0.4, -0.2) is 25.4 Å². The van der Waals surface area contributed by atoms with Crippen LogP contribution in [0.4, 0.5) is 0 Å². The number of amides is 1. The van der Waals surface area contributed by atoms with E-state index in [4.69, 9.17) is 23.2 Å². The van der Waals surface area contributed by atoms with E-state index in [9.17, 15) is 4.79 Å². The monoisotopic (exact) mass is 429 g/mol. The Hall–Kier alpha value is -1.73. The molecule has 1 atom stereocenters. The molecule has 0 radical (unpaired) electrons. The molecule has 0 saturated carbocycles. The van der Waals surface area contributed by atoms with Gasteiger partial charge in [-0.2, -0.15) is 0 Å². The highest BCUT2D eigenvalue weighted by atomic mass is 35.5. The molecule has 3 rings (SSSR count). The van der Waals surface area contributed by atoms with Crippen molar-refractivity contribution >= 4 is 37.2 Å². The molecular formula is C23H25Cl2NOSi. The van der Waals surface area contributed by atoms with E-state index in [0.717, 1.165) is 12.0 Å². The quantitative estimate of drug-likeness (QED) is 0.428. The van der Waals surface area contributed by atoms with E-state index in [0.29, 0.717) is 22.2 Å². The fraction of sp³-hybridized carbons (Fsp3) is 0.348. The standard InChI is InChI=1S/C23H25Cl2NOSi/c1-16-18-8-5-7-17(12-14-28(2,3)4)19(18)11-13-26(16)23(27)15-20-21(24)9-6-10-22(20)25/h5-10,16H,11,13,15H2,1-4H3/t16-/m0/s1. The van der Waals surface area contributed by atoms with Gasteiger partial charge < -0.3 is 4.90 Å². The first-order chi connectivity index (χ1) is 13.2. The van der Waals surface area contributed by atoms with Gasteiger partial charge in [-0.1, -0.05) is 67.0 Å². The number of carbonyl (C=O) groups is 1. The minimum absolute atomic E-state index is 0.00569. The Kier molecular flexibility index (Phi) is 6.24. The summed E-state index contributed by atoms with van der Waals surface area (Å²) in [4.78, 5) is 14.9. The zero-order valence-electron chi connectivity index (χ0n) is 16.8. The number of rotatable bonds is 2. The minimum atomic E-state index is -1.44. The Morgan fingerprint density at radius 3 is 2.43 bits per heavy atom. The zero-order chi connectivity index (χ0) is 20.5. The SMILES string of the molecule is C[C@H]1c2cccc(C#C[Si](C)(C)C)c2CCN1C(=O)Cc1c(Cl)cccc1Cl. The molecule has 0 fully saturated rings. The predicted molar refractivity (Wildman–Crippen MR) is 121 cm³/mol. The molecule has 146 valence electrons. The Balaban J connectivity index is 1.86. The fourth-order valence-electron chi connectivity index (χ4n) is 3.54. The molecule has 2 nitrogen and oxygen atoms in total. The second-order valence-electron chi connectivity index (χ2n) is 8.26. The van der Waals surface area contributed by atoms with E-state index in [1.165, 1.54) is 11.1 Å². The van der Waals surface area contributed by atoms with Gasteiger partial charge in [0.05, 0.1) is 12.5 Å². The molecule has 1 aliphatic rings. The number of halogens is 2. The molecule has 5 heteroatoms. The average molecular weight is 430 g/mol. The molecule has 0 spiro atoms. The van der Waals surface area contributed by atoms with Crippen molar-refractivity contribution in [2.24, 2.45) is 0 Å². The lowest BCUT2D eigenvalue weighted by molar-refractivity contribution is -0.133. The third-order valence-corrected chi connectivity index (χ3v) is 6.60. The van der Waals surface area contributed by atoms with E-state index < -0.39 is 8.07 Å². The Morgan fingerprint density at radius 1 is 1.14 bits per heavy atom. The highest BCUT2D eigenvalue weighted by Crippen LogP contribution is 2.33. The molecule has 1 aliphatic heterocycles. The Morgan fingerprint density at radius 2 is 1.79 bits per heavy atom. The summed E-state index contributed by atoms with van der Waals surface area (Å²) in [5, 5.41) is 1.07. The number of nitrogens with zero attached hydrogens (tertiary/aromatic N) is 1. The highest BCUT2D eigenvalue weighted by Gasteiger charge is 2.29. The van der Waals surface area contributed by atoms with Crippen molar-refractivity contribution in [1.82, 2.24) is 4.90 Å². The van der Waals surface area contributed by atoms with Crippen LogP contribution >= 0.6 is 23.2 Å². The molecule has 28 heavy (non-hydrogen) atoms. The summed E-state index contributed by atoms with van der Waals surface area (Å²) in [6, 6.07) is 11.6. The molecule has 0 saturated heterocycles. The van der Waals surface area contributed by atoms with Gasteiger partial charge >= 0.3 is 0 Å². The maximum atomic E-state index is 13.0. The van der Waals surface area contributed by atoms with E-state index in [1.54, 1.807) is 18.2 Å². The number of hydrogen-bond acceptors (Lipinski definition) is 1. The van der Waals surface area contributed by atoms with Crippen molar-refractivity contribution in [3.63, 3.8) is 0 Å². The molecule has 0 aromatic heterocycles. The lowest BCUT2D eigenvalue weighted by atomic mass is 9.89. The Bertz CT molecular complexity index is 949. The van der Waals surface area contributed by atoms with Crippen LogP contribution in [0.3, 0.4) is 0 Å². The van der Waals surface area contributed by atoms with E-state index in [2.05, 4.69) is 50.2 Å². The first-order valence-electron chi connectivity index (χ1n) is 9.54. The van der Waals surface area contributed by atoms with Crippen molar-refractivity contribution in [2.45, 2.75) is 45.4 Å². The van der Waals surface area contributed by atoms with Crippen LogP contribution < -0.4 is 0 Å². The van der Waals surface area contributed by atoms with Crippen molar-refractivity contribution < 1.29 is 4.79 Å².